The number of ether oxygens (including phenoxy) is 2. The van der Waals surface area contributed by atoms with Gasteiger partial charge in [-0.3, -0.25) is 0 Å². The minimum atomic E-state index is -0.174. The zero-order valence-corrected chi connectivity index (χ0v) is 13.3. The number of nitrogens with one attached hydrogen (secondary N) is 2. The van der Waals surface area contributed by atoms with Crippen molar-refractivity contribution in [2.45, 2.75) is 51.2 Å². The summed E-state index contributed by atoms with van der Waals surface area (Å²) in [4.78, 5) is 13.5. The standard InChI is InChI=1S/C15H29N3O3/c1-3-21-15(19)18-7-4-13(5-8-18)17-12(2)10-14-11-20-9-6-16-14/h12-14,16-17H,3-11H2,1-2H3. The van der Waals surface area contributed by atoms with Crippen LogP contribution in [-0.4, -0.2) is 68.6 Å². The Morgan fingerprint density at radius 1 is 1.48 bits per heavy atom. The number of nitrogens with zero attached hydrogens (tertiary/aromatic N) is 1. The summed E-state index contributed by atoms with van der Waals surface area (Å²) in [5.41, 5.74) is 0. The van der Waals surface area contributed by atoms with Crippen LogP contribution >= 0.6 is 0 Å². The van der Waals surface area contributed by atoms with E-state index < -0.39 is 0 Å². The number of hydrogen-bond donors (Lipinski definition) is 2. The van der Waals surface area contributed by atoms with Gasteiger partial charge in [-0.15, -0.1) is 0 Å². The summed E-state index contributed by atoms with van der Waals surface area (Å²) in [6, 6.07) is 1.42. The van der Waals surface area contributed by atoms with Gasteiger partial charge in [-0.2, -0.15) is 0 Å². The van der Waals surface area contributed by atoms with E-state index in [1.54, 1.807) is 0 Å². The molecule has 2 fully saturated rings. The molecule has 2 rings (SSSR count). The molecule has 122 valence electrons. The number of morpholine rings is 1. The minimum absolute atomic E-state index is 0.174. The highest BCUT2D eigenvalue weighted by Crippen LogP contribution is 2.13. The third kappa shape index (κ3) is 5.45. The molecule has 2 aliphatic heterocycles. The molecule has 2 heterocycles. The normalized spacial score (nSPS) is 25.6. The number of carbonyl (C=O) groups excluding carboxylic acids is 1. The lowest BCUT2D eigenvalue weighted by molar-refractivity contribution is 0.0694. The van der Waals surface area contributed by atoms with Crippen LogP contribution in [0.2, 0.25) is 0 Å². The molecular weight excluding hydrogens is 270 g/mol. The van der Waals surface area contributed by atoms with E-state index in [9.17, 15) is 4.79 Å². The second kappa shape index (κ2) is 8.56. The first kappa shape index (κ1) is 16.5. The van der Waals surface area contributed by atoms with Crippen LogP contribution in [0.1, 0.15) is 33.1 Å². The lowest BCUT2D eigenvalue weighted by Crippen LogP contribution is -2.50. The van der Waals surface area contributed by atoms with Crippen LogP contribution in [0.15, 0.2) is 0 Å². The van der Waals surface area contributed by atoms with Gasteiger partial charge >= 0.3 is 6.09 Å². The second-order valence-electron chi connectivity index (χ2n) is 5.99. The summed E-state index contributed by atoms with van der Waals surface area (Å²) in [5, 5.41) is 7.17. The zero-order chi connectivity index (χ0) is 15.1. The van der Waals surface area contributed by atoms with Gasteiger partial charge in [0.15, 0.2) is 0 Å². The summed E-state index contributed by atoms with van der Waals surface area (Å²) in [7, 11) is 0. The van der Waals surface area contributed by atoms with Crippen LogP contribution in [0.5, 0.6) is 0 Å². The molecule has 0 aliphatic carbocycles. The Labute approximate surface area is 127 Å². The molecule has 0 spiro atoms. The highest BCUT2D eigenvalue weighted by Gasteiger charge is 2.25. The topological polar surface area (TPSA) is 62.8 Å². The summed E-state index contributed by atoms with van der Waals surface area (Å²) in [6.07, 6.45) is 2.90. The number of amides is 1. The van der Waals surface area contributed by atoms with E-state index in [0.717, 1.165) is 52.1 Å². The maximum atomic E-state index is 11.7. The number of likely N-dealkylation sites (tertiary alicyclic amines) is 1. The fourth-order valence-corrected chi connectivity index (χ4v) is 3.11. The number of hydrogen-bond acceptors (Lipinski definition) is 5. The molecule has 21 heavy (non-hydrogen) atoms. The van der Waals surface area contributed by atoms with Crippen molar-refractivity contribution < 1.29 is 14.3 Å². The molecule has 6 nitrogen and oxygen atoms in total. The van der Waals surface area contributed by atoms with Gasteiger partial charge in [0.25, 0.3) is 0 Å². The van der Waals surface area contributed by atoms with Crippen molar-refractivity contribution in [2.75, 3.05) is 39.5 Å². The van der Waals surface area contributed by atoms with Crippen LogP contribution in [0.3, 0.4) is 0 Å². The Balaban J connectivity index is 1.64. The summed E-state index contributed by atoms with van der Waals surface area (Å²) in [6.45, 7) is 8.69. The molecule has 0 bridgehead atoms. The largest absolute Gasteiger partial charge is 0.450 e. The molecule has 2 aliphatic rings. The lowest BCUT2D eigenvalue weighted by Gasteiger charge is -2.34. The summed E-state index contributed by atoms with van der Waals surface area (Å²) >= 11 is 0. The highest BCUT2D eigenvalue weighted by molar-refractivity contribution is 5.67. The van der Waals surface area contributed by atoms with Crippen LogP contribution in [0, 0.1) is 0 Å². The third-order valence-electron chi connectivity index (χ3n) is 4.18. The predicted molar refractivity (Wildman–Crippen MR) is 81.4 cm³/mol. The monoisotopic (exact) mass is 299 g/mol. The Kier molecular flexibility index (Phi) is 6.73. The van der Waals surface area contributed by atoms with Crippen molar-refractivity contribution in [1.29, 1.82) is 0 Å². The average Bonchev–Trinajstić information content (AvgIpc) is 2.49. The van der Waals surface area contributed by atoms with Gasteiger partial charge in [0, 0.05) is 37.8 Å². The zero-order valence-electron chi connectivity index (χ0n) is 13.3. The van der Waals surface area contributed by atoms with E-state index >= 15 is 0 Å². The Morgan fingerprint density at radius 2 is 2.24 bits per heavy atom. The maximum Gasteiger partial charge on any atom is 0.409 e. The van der Waals surface area contributed by atoms with Crippen molar-refractivity contribution in [3.05, 3.63) is 0 Å². The highest BCUT2D eigenvalue weighted by atomic mass is 16.6. The first-order valence-corrected chi connectivity index (χ1v) is 8.18. The lowest BCUT2D eigenvalue weighted by atomic mass is 10.0. The number of carbonyl (C=O) groups is 1. The van der Waals surface area contributed by atoms with Crippen molar-refractivity contribution in [3.8, 4) is 0 Å². The van der Waals surface area contributed by atoms with Crippen LogP contribution in [0.4, 0.5) is 4.79 Å². The van der Waals surface area contributed by atoms with Crippen molar-refractivity contribution in [3.63, 3.8) is 0 Å². The van der Waals surface area contributed by atoms with Gasteiger partial charge in [-0.1, -0.05) is 0 Å². The van der Waals surface area contributed by atoms with E-state index in [1.165, 1.54) is 0 Å². The molecule has 2 saturated heterocycles. The van der Waals surface area contributed by atoms with E-state index in [2.05, 4.69) is 17.6 Å². The van der Waals surface area contributed by atoms with Gasteiger partial charge in [-0.25, -0.2) is 4.79 Å². The van der Waals surface area contributed by atoms with E-state index in [-0.39, 0.29) is 6.09 Å². The molecular formula is C15H29N3O3. The smallest absolute Gasteiger partial charge is 0.409 e. The van der Waals surface area contributed by atoms with Crippen LogP contribution in [0.25, 0.3) is 0 Å². The molecule has 0 aromatic rings. The molecule has 0 aromatic heterocycles. The quantitative estimate of drug-likeness (QED) is 0.792. The summed E-state index contributed by atoms with van der Waals surface area (Å²) in [5.74, 6) is 0. The van der Waals surface area contributed by atoms with Gasteiger partial charge in [0.1, 0.15) is 0 Å². The van der Waals surface area contributed by atoms with Gasteiger partial charge < -0.3 is 25.0 Å². The number of piperidine rings is 1. The van der Waals surface area contributed by atoms with Gasteiger partial charge in [0.2, 0.25) is 0 Å². The fraction of sp³-hybridized carbons (Fsp3) is 0.933. The molecule has 2 N–H and O–H groups in total. The summed E-state index contributed by atoms with van der Waals surface area (Å²) < 4.78 is 10.5. The van der Waals surface area contributed by atoms with E-state index in [1.807, 2.05) is 11.8 Å². The molecule has 0 saturated carbocycles. The third-order valence-corrected chi connectivity index (χ3v) is 4.18. The van der Waals surface area contributed by atoms with Gasteiger partial charge in [-0.05, 0) is 33.1 Å². The molecule has 2 unspecified atom stereocenters. The minimum Gasteiger partial charge on any atom is -0.450 e. The Bertz CT molecular complexity index is 313. The Morgan fingerprint density at radius 3 is 2.86 bits per heavy atom. The van der Waals surface area contributed by atoms with Crippen LogP contribution < -0.4 is 10.6 Å². The maximum absolute atomic E-state index is 11.7. The second-order valence-corrected chi connectivity index (χ2v) is 5.99. The van der Waals surface area contributed by atoms with Crippen molar-refractivity contribution in [2.24, 2.45) is 0 Å². The fourth-order valence-electron chi connectivity index (χ4n) is 3.11. The van der Waals surface area contributed by atoms with Crippen molar-refractivity contribution in [1.82, 2.24) is 15.5 Å². The number of rotatable bonds is 5. The SMILES string of the molecule is CCOC(=O)N1CCC(NC(C)CC2COCCN2)CC1. The first-order chi connectivity index (χ1) is 10.2. The van der Waals surface area contributed by atoms with E-state index in [4.69, 9.17) is 9.47 Å². The molecule has 1 amide bonds. The van der Waals surface area contributed by atoms with E-state index in [0.29, 0.717) is 24.7 Å². The molecule has 6 heteroatoms. The average molecular weight is 299 g/mol. The first-order valence-electron chi connectivity index (χ1n) is 8.18. The Hall–Kier alpha value is -0.850. The van der Waals surface area contributed by atoms with Gasteiger partial charge in [0.05, 0.1) is 19.8 Å². The van der Waals surface area contributed by atoms with Crippen molar-refractivity contribution >= 4 is 6.09 Å². The molecule has 0 aromatic carbocycles. The molecule has 2 atom stereocenters. The van der Waals surface area contributed by atoms with Crippen LogP contribution in [-0.2, 0) is 9.47 Å². The predicted octanol–water partition coefficient (Wildman–Crippen LogP) is 0.964. The molecule has 0 radical (unpaired) electrons.